The highest BCUT2D eigenvalue weighted by Crippen LogP contribution is 2.29. The molecule has 0 bridgehead atoms. The van der Waals surface area contributed by atoms with E-state index < -0.39 is 18.1 Å². The highest BCUT2D eigenvalue weighted by atomic mass is 19.4. The fraction of sp³-hybridized carbons (Fsp3) is 0.238. The first-order valence-corrected chi connectivity index (χ1v) is 9.53. The second kappa shape index (κ2) is 10.1. The SMILES string of the molecule is COC(=O)N(OC)c1ccccc1CO/N=C(\C)c1nc(C(F)(F)F)n(-c2ccccc2)n1. The molecule has 9 nitrogen and oxygen atoms in total. The van der Waals surface area contributed by atoms with Gasteiger partial charge in [-0.3, -0.25) is 4.84 Å². The fourth-order valence-electron chi connectivity index (χ4n) is 2.82. The number of carbonyl (C=O) groups is 1. The number of nitrogens with zero attached hydrogens (tertiary/aromatic N) is 5. The van der Waals surface area contributed by atoms with Crippen LogP contribution < -0.4 is 5.06 Å². The minimum Gasteiger partial charge on any atom is -0.451 e. The third-order valence-electron chi connectivity index (χ3n) is 4.34. The van der Waals surface area contributed by atoms with Crippen LogP contribution in [0.2, 0.25) is 0 Å². The Morgan fingerprint density at radius 2 is 1.76 bits per heavy atom. The van der Waals surface area contributed by atoms with Crippen LogP contribution >= 0.6 is 0 Å². The predicted molar refractivity (Wildman–Crippen MR) is 112 cm³/mol. The average molecular weight is 463 g/mol. The van der Waals surface area contributed by atoms with E-state index in [1.807, 2.05) is 0 Å². The van der Waals surface area contributed by atoms with Gasteiger partial charge < -0.3 is 9.57 Å². The van der Waals surface area contributed by atoms with Crippen LogP contribution in [0, 0.1) is 0 Å². The normalized spacial score (nSPS) is 11.9. The number of halogens is 3. The molecule has 12 heteroatoms. The van der Waals surface area contributed by atoms with Crippen molar-refractivity contribution < 1.29 is 32.4 Å². The lowest BCUT2D eigenvalue weighted by molar-refractivity contribution is -0.146. The number of hydrogen-bond acceptors (Lipinski definition) is 7. The smallest absolute Gasteiger partial charge is 0.451 e. The first kappa shape index (κ1) is 23.7. The summed E-state index contributed by atoms with van der Waals surface area (Å²) in [5, 5.41) is 8.72. The summed E-state index contributed by atoms with van der Waals surface area (Å²) in [5.41, 5.74) is 1.10. The molecule has 0 aliphatic heterocycles. The van der Waals surface area contributed by atoms with Gasteiger partial charge in [0.05, 0.1) is 25.6 Å². The largest absolute Gasteiger partial charge is 0.451 e. The number of para-hydroxylation sites is 2. The summed E-state index contributed by atoms with van der Waals surface area (Å²) in [6, 6.07) is 14.5. The predicted octanol–water partition coefficient (Wildman–Crippen LogP) is 4.36. The highest BCUT2D eigenvalue weighted by molar-refractivity contribution is 5.94. The van der Waals surface area contributed by atoms with E-state index in [0.717, 1.165) is 5.06 Å². The number of oxime groups is 1. The summed E-state index contributed by atoms with van der Waals surface area (Å²) in [4.78, 5) is 25.9. The van der Waals surface area contributed by atoms with Crippen molar-refractivity contribution in [3.63, 3.8) is 0 Å². The number of rotatable bonds is 7. The fourth-order valence-corrected chi connectivity index (χ4v) is 2.82. The van der Waals surface area contributed by atoms with Gasteiger partial charge in [-0.15, -0.1) is 5.10 Å². The Labute approximate surface area is 186 Å². The molecular formula is C21H20F3N5O4. The number of amides is 1. The van der Waals surface area contributed by atoms with Crippen LogP contribution in [-0.2, 0) is 27.2 Å². The van der Waals surface area contributed by atoms with Gasteiger partial charge in [0.25, 0.3) is 0 Å². The maximum absolute atomic E-state index is 13.5. The van der Waals surface area contributed by atoms with E-state index in [1.54, 1.807) is 42.5 Å². The minimum atomic E-state index is -4.72. The molecule has 0 fully saturated rings. The molecule has 0 atom stereocenters. The summed E-state index contributed by atoms with van der Waals surface area (Å²) in [6.45, 7) is 1.31. The minimum absolute atomic E-state index is 0.0317. The van der Waals surface area contributed by atoms with Gasteiger partial charge in [0.15, 0.2) is 5.82 Å². The summed E-state index contributed by atoms with van der Waals surface area (Å²) in [5.74, 6) is -1.43. The van der Waals surface area contributed by atoms with Gasteiger partial charge in [0.1, 0.15) is 12.3 Å². The Morgan fingerprint density at radius 1 is 1.09 bits per heavy atom. The van der Waals surface area contributed by atoms with Crippen molar-refractivity contribution in [1.82, 2.24) is 14.8 Å². The lowest BCUT2D eigenvalue weighted by atomic mass is 10.2. The number of hydrogen-bond donors (Lipinski definition) is 0. The van der Waals surface area contributed by atoms with Crippen molar-refractivity contribution in [2.24, 2.45) is 5.16 Å². The molecule has 0 saturated carbocycles. The van der Waals surface area contributed by atoms with Crippen LogP contribution in [0.25, 0.3) is 5.69 Å². The molecule has 0 aliphatic carbocycles. The molecule has 1 aromatic heterocycles. The second-order valence-electron chi connectivity index (χ2n) is 6.53. The molecule has 2 aromatic carbocycles. The van der Waals surface area contributed by atoms with Crippen molar-refractivity contribution in [1.29, 1.82) is 0 Å². The van der Waals surface area contributed by atoms with Crippen molar-refractivity contribution in [3.8, 4) is 5.69 Å². The third-order valence-corrected chi connectivity index (χ3v) is 4.34. The maximum Gasteiger partial charge on any atom is 0.451 e. The average Bonchev–Trinajstić information content (AvgIpc) is 3.27. The summed E-state index contributed by atoms with van der Waals surface area (Å²) in [7, 11) is 2.50. The van der Waals surface area contributed by atoms with Crippen LogP contribution in [0.4, 0.5) is 23.7 Å². The molecule has 0 spiro atoms. The molecule has 0 saturated heterocycles. The molecule has 3 aromatic rings. The molecular weight excluding hydrogens is 443 g/mol. The van der Waals surface area contributed by atoms with Gasteiger partial charge in [-0.1, -0.05) is 41.6 Å². The van der Waals surface area contributed by atoms with E-state index in [4.69, 9.17) is 9.68 Å². The van der Waals surface area contributed by atoms with E-state index in [0.29, 0.717) is 15.9 Å². The topological polar surface area (TPSA) is 91.1 Å². The monoisotopic (exact) mass is 463 g/mol. The van der Waals surface area contributed by atoms with Crippen LogP contribution in [0.15, 0.2) is 59.8 Å². The first-order valence-electron chi connectivity index (χ1n) is 9.53. The molecule has 0 aliphatic rings. The number of carbonyl (C=O) groups excluding carboxylic acids is 1. The van der Waals surface area contributed by atoms with E-state index in [1.165, 1.54) is 33.3 Å². The molecule has 33 heavy (non-hydrogen) atoms. The van der Waals surface area contributed by atoms with Gasteiger partial charge in [-0.25, -0.2) is 14.5 Å². The molecule has 0 radical (unpaired) electrons. The lowest BCUT2D eigenvalue weighted by Crippen LogP contribution is -2.30. The van der Waals surface area contributed by atoms with Gasteiger partial charge in [0, 0.05) is 5.56 Å². The highest BCUT2D eigenvalue weighted by Gasteiger charge is 2.38. The van der Waals surface area contributed by atoms with Crippen LogP contribution in [0.5, 0.6) is 0 Å². The standard InChI is InChI=1S/C21H20F3N5O4/c1-14(18-25-19(21(22,23)24)28(26-18)16-10-5-4-6-11-16)27-33-13-15-9-7-8-12-17(15)29(32-3)20(30)31-2/h4-12H,13H2,1-3H3/b27-14+. The van der Waals surface area contributed by atoms with Crippen LogP contribution in [0.3, 0.4) is 0 Å². The Balaban J connectivity index is 1.83. The molecule has 1 heterocycles. The Bertz CT molecular complexity index is 1130. The van der Waals surface area contributed by atoms with Crippen molar-refractivity contribution >= 4 is 17.5 Å². The Hall–Kier alpha value is -3.93. The zero-order chi connectivity index (χ0) is 24.0. The van der Waals surface area contributed by atoms with Gasteiger partial charge in [-0.2, -0.15) is 18.2 Å². The number of aromatic nitrogens is 3. The molecule has 3 rings (SSSR count). The maximum atomic E-state index is 13.5. The second-order valence-corrected chi connectivity index (χ2v) is 6.53. The summed E-state index contributed by atoms with van der Waals surface area (Å²) >= 11 is 0. The number of hydroxylamine groups is 1. The van der Waals surface area contributed by atoms with Crippen LogP contribution in [0.1, 0.15) is 24.1 Å². The zero-order valence-electron chi connectivity index (χ0n) is 17.9. The number of anilines is 1. The third kappa shape index (κ3) is 5.47. The molecule has 0 unspecified atom stereocenters. The first-order chi connectivity index (χ1) is 15.8. The van der Waals surface area contributed by atoms with Crippen molar-refractivity contribution in [2.75, 3.05) is 19.3 Å². The van der Waals surface area contributed by atoms with E-state index >= 15 is 0 Å². The van der Waals surface area contributed by atoms with Crippen LogP contribution in [-0.4, -0.2) is 40.8 Å². The zero-order valence-corrected chi connectivity index (χ0v) is 17.9. The number of alkyl halides is 3. The number of benzene rings is 2. The number of ether oxygens (including phenoxy) is 1. The van der Waals surface area contributed by atoms with E-state index in [-0.39, 0.29) is 23.8 Å². The van der Waals surface area contributed by atoms with Gasteiger partial charge in [0.2, 0.25) is 5.82 Å². The summed E-state index contributed by atoms with van der Waals surface area (Å²) < 4.78 is 45.8. The van der Waals surface area contributed by atoms with E-state index in [2.05, 4.69) is 20.0 Å². The molecule has 174 valence electrons. The van der Waals surface area contributed by atoms with Crippen molar-refractivity contribution in [3.05, 3.63) is 71.8 Å². The van der Waals surface area contributed by atoms with Gasteiger partial charge >= 0.3 is 12.3 Å². The Morgan fingerprint density at radius 3 is 2.39 bits per heavy atom. The summed E-state index contributed by atoms with van der Waals surface area (Å²) in [6.07, 6.45) is -5.47. The van der Waals surface area contributed by atoms with Gasteiger partial charge in [-0.05, 0) is 25.1 Å². The Kier molecular flexibility index (Phi) is 7.28. The van der Waals surface area contributed by atoms with E-state index in [9.17, 15) is 18.0 Å². The molecule has 0 N–H and O–H groups in total. The lowest BCUT2D eigenvalue weighted by Gasteiger charge is -2.20. The van der Waals surface area contributed by atoms with Crippen molar-refractivity contribution in [2.45, 2.75) is 19.7 Å². The quantitative estimate of drug-likeness (QED) is 0.382. The number of methoxy groups -OCH3 is 1. The molecule has 1 amide bonds.